The number of carbonyl (C=O) groups is 2. The fourth-order valence-corrected chi connectivity index (χ4v) is 3.64. The molecule has 0 fully saturated rings. The number of rotatable bonds is 4. The van der Waals surface area contributed by atoms with E-state index in [2.05, 4.69) is 5.32 Å². The van der Waals surface area contributed by atoms with Crippen molar-refractivity contribution in [1.29, 1.82) is 0 Å². The first-order valence-corrected chi connectivity index (χ1v) is 8.80. The molecule has 0 saturated heterocycles. The van der Waals surface area contributed by atoms with E-state index in [0.717, 1.165) is 34.2 Å². The molecule has 0 aliphatic carbocycles. The number of amides is 1. The fraction of sp³-hybridized carbons (Fsp3) is 0.158. The lowest BCUT2D eigenvalue weighted by Gasteiger charge is -2.09. The normalized spacial score (nSPS) is 11.4. The number of fused-ring (bicyclic) bond motifs is 1. The van der Waals surface area contributed by atoms with E-state index in [-0.39, 0.29) is 22.7 Å². The van der Waals surface area contributed by atoms with Gasteiger partial charge in [-0.05, 0) is 31.2 Å². The number of halogens is 3. The summed E-state index contributed by atoms with van der Waals surface area (Å²) < 4.78 is 44.4. The van der Waals surface area contributed by atoms with Crippen molar-refractivity contribution in [3.05, 3.63) is 65.2 Å². The molecule has 1 aromatic heterocycles. The van der Waals surface area contributed by atoms with Gasteiger partial charge in [-0.15, -0.1) is 11.3 Å². The van der Waals surface area contributed by atoms with Gasteiger partial charge in [-0.3, -0.25) is 4.79 Å². The SMILES string of the molecule is CCOC(=O)c1c(NC(=O)c2cccc(C(F)(F)F)c2)sc2ccccc12. The molecule has 1 N–H and O–H groups in total. The van der Waals surface area contributed by atoms with Crippen LogP contribution < -0.4 is 5.32 Å². The van der Waals surface area contributed by atoms with Gasteiger partial charge in [0.1, 0.15) is 10.6 Å². The van der Waals surface area contributed by atoms with Crippen LogP contribution in [0.25, 0.3) is 10.1 Å². The molecule has 0 spiro atoms. The van der Waals surface area contributed by atoms with Gasteiger partial charge in [0.25, 0.3) is 5.91 Å². The number of thiophene rings is 1. The van der Waals surface area contributed by atoms with Crippen LogP contribution in [0, 0.1) is 0 Å². The fourth-order valence-electron chi connectivity index (χ4n) is 2.55. The standard InChI is InChI=1S/C19H14F3NO3S/c1-2-26-18(25)15-13-8-3-4-9-14(13)27-17(15)23-16(24)11-6-5-7-12(10-11)19(20,21)22/h3-10H,2H2,1H3,(H,23,24). The number of nitrogens with one attached hydrogen (secondary N) is 1. The Morgan fingerprint density at radius 1 is 1.11 bits per heavy atom. The Hall–Kier alpha value is -2.87. The summed E-state index contributed by atoms with van der Waals surface area (Å²) in [5, 5.41) is 3.39. The van der Waals surface area contributed by atoms with Crippen LogP contribution in [0.1, 0.15) is 33.2 Å². The molecule has 27 heavy (non-hydrogen) atoms. The number of hydrogen-bond acceptors (Lipinski definition) is 4. The first kappa shape index (κ1) is 18.9. The Morgan fingerprint density at radius 2 is 1.85 bits per heavy atom. The van der Waals surface area contributed by atoms with Gasteiger partial charge in [0, 0.05) is 15.6 Å². The second-order valence-electron chi connectivity index (χ2n) is 5.56. The zero-order valence-corrected chi connectivity index (χ0v) is 14.9. The molecule has 0 radical (unpaired) electrons. The topological polar surface area (TPSA) is 55.4 Å². The Morgan fingerprint density at radius 3 is 2.56 bits per heavy atom. The largest absolute Gasteiger partial charge is 0.462 e. The quantitative estimate of drug-likeness (QED) is 0.608. The van der Waals surface area contributed by atoms with Gasteiger partial charge in [0.05, 0.1) is 12.2 Å². The van der Waals surface area contributed by atoms with Crippen molar-refractivity contribution in [2.45, 2.75) is 13.1 Å². The maximum atomic E-state index is 12.9. The lowest BCUT2D eigenvalue weighted by Crippen LogP contribution is -2.15. The van der Waals surface area contributed by atoms with Gasteiger partial charge in [-0.25, -0.2) is 4.79 Å². The Labute approximate surface area is 156 Å². The molecule has 8 heteroatoms. The summed E-state index contributed by atoms with van der Waals surface area (Å²) >= 11 is 1.16. The number of carbonyl (C=O) groups excluding carboxylic acids is 2. The van der Waals surface area contributed by atoms with Crippen molar-refractivity contribution >= 4 is 38.3 Å². The van der Waals surface area contributed by atoms with Crippen molar-refractivity contribution in [1.82, 2.24) is 0 Å². The predicted octanol–water partition coefficient (Wildman–Crippen LogP) is 5.35. The van der Waals surface area contributed by atoms with Crippen LogP contribution in [0.4, 0.5) is 18.2 Å². The van der Waals surface area contributed by atoms with Crippen LogP contribution in [0.5, 0.6) is 0 Å². The van der Waals surface area contributed by atoms with Gasteiger partial charge in [0.2, 0.25) is 0 Å². The molecular weight excluding hydrogens is 379 g/mol. The van der Waals surface area contributed by atoms with Crippen LogP contribution >= 0.6 is 11.3 Å². The average Bonchev–Trinajstić information content (AvgIpc) is 2.99. The molecule has 3 aromatic rings. The van der Waals surface area contributed by atoms with E-state index in [9.17, 15) is 22.8 Å². The lowest BCUT2D eigenvalue weighted by molar-refractivity contribution is -0.137. The monoisotopic (exact) mass is 393 g/mol. The van der Waals surface area contributed by atoms with E-state index in [1.165, 1.54) is 6.07 Å². The Bertz CT molecular complexity index is 1010. The van der Waals surface area contributed by atoms with Crippen LogP contribution in [-0.2, 0) is 10.9 Å². The van der Waals surface area contributed by atoms with Gasteiger partial charge < -0.3 is 10.1 Å². The first-order valence-electron chi connectivity index (χ1n) is 7.98. The van der Waals surface area contributed by atoms with Crippen molar-refractivity contribution in [3.63, 3.8) is 0 Å². The molecule has 0 aliphatic heterocycles. The predicted molar refractivity (Wildman–Crippen MR) is 97.2 cm³/mol. The Kier molecular flexibility index (Phi) is 5.18. The molecule has 4 nitrogen and oxygen atoms in total. The van der Waals surface area contributed by atoms with E-state index in [1.54, 1.807) is 31.2 Å². The van der Waals surface area contributed by atoms with Crippen LogP contribution in [0.3, 0.4) is 0 Å². The van der Waals surface area contributed by atoms with E-state index in [0.29, 0.717) is 5.39 Å². The van der Waals surface area contributed by atoms with Crippen LogP contribution in [0.15, 0.2) is 48.5 Å². The summed E-state index contributed by atoms with van der Waals surface area (Å²) in [7, 11) is 0. The summed E-state index contributed by atoms with van der Waals surface area (Å²) in [5.41, 5.74) is -0.882. The van der Waals surface area contributed by atoms with Gasteiger partial charge in [0.15, 0.2) is 0 Å². The zero-order valence-electron chi connectivity index (χ0n) is 14.1. The minimum Gasteiger partial charge on any atom is -0.462 e. The molecule has 0 saturated carbocycles. The van der Waals surface area contributed by atoms with E-state index < -0.39 is 23.6 Å². The molecule has 0 bridgehead atoms. The van der Waals surface area contributed by atoms with Gasteiger partial charge >= 0.3 is 12.1 Å². The third-order valence-corrected chi connectivity index (χ3v) is 4.84. The van der Waals surface area contributed by atoms with Crippen molar-refractivity contribution in [2.24, 2.45) is 0 Å². The number of anilines is 1. The lowest BCUT2D eigenvalue weighted by atomic mass is 10.1. The zero-order chi connectivity index (χ0) is 19.6. The molecule has 1 amide bonds. The third kappa shape index (κ3) is 3.95. The van der Waals surface area contributed by atoms with E-state index in [4.69, 9.17) is 4.74 Å². The molecule has 3 rings (SSSR count). The molecule has 1 heterocycles. The van der Waals surface area contributed by atoms with Crippen molar-refractivity contribution in [2.75, 3.05) is 11.9 Å². The number of alkyl halides is 3. The summed E-state index contributed by atoms with van der Waals surface area (Å²) in [5.74, 6) is -1.34. The maximum Gasteiger partial charge on any atom is 0.416 e. The first-order chi connectivity index (χ1) is 12.8. The van der Waals surface area contributed by atoms with Gasteiger partial charge in [-0.1, -0.05) is 24.3 Å². The number of esters is 1. The molecule has 2 aromatic carbocycles. The third-order valence-electron chi connectivity index (χ3n) is 3.75. The summed E-state index contributed by atoms with van der Waals surface area (Å²) in [6.45, 7) is 1.82. The van der Waals surface area contributed by atoms with E-state index in [1.807, 2.05) is 0 Å². The maximum absolute atomic E-state index is 12.9. The minimum absolute atomic E-state index is 0.155. The summed E-state index contributed by atoms with van der Waals surface area (Å²) in [4.78, 5) is 24.8. The summed E-state index contributed by atoms with van der Waals surface area (Å²) in [6, 6.07) is 11.1. The average molecular weight is 393 g/mol. The molecule has 0 aliphatic rings. The highest BCUT2D eigenvalue weighted by molar-refractivity contribution is 7.23. The minimum atomic E-state index is -4.55. The second kappa shape index (κ2) is 7.40. The molecule has 0 unspecified atom stereocenters. The van der Waals surface area contributed by atoms with Crippen LogP contribution in [-0.4, -0.2) is 18.5 Å². The number of hydrogen-bond donors (Lipinski definition) is 1. The van der Waals surface area contributed by atoms with Crippen molar-refractivity contribution in [3.8, 4) is 0 Å². The Balaban J connectivity index is 1.98. The highest BCUT2D eigenvalue weighted by Crippen LogP contribution is 2.36. The van der Waals surface area contributed by atoms with E-state index >= 15 is 0 Å². The number of benzene rings is 2. The summed E-state index contributed by atoms with van der Waals surface area (Å²) in [6.07, 6.45) is -4.55. The van der Waals surface area contributed by atoms with Crippen molar-refractivity contribution < 1.29 is 27.5 Å². The second-order valence-corrected chi connectivity index (χ2v) is 6.61. The highest BCUT2D eigenvalue weighted by atomic mass is 32.1. The number of ether oxygens (including phenoxy) is 1. The molecular formula is C19H14F3NO3S. The molecule has 0 atom stereocenters. The smallest absolute Gasteiger partial charge is 0.416 e. The molecule has 140 valence electrons. The van der Waals surface area contributed by atoms with Crippen LogP contribution in [0.2, 0.25) is 0 Å². The van der Waals surface area contributed by atoms with Gasteiger partial charge in [-0.2, -0.15) is 13.2 Å². The highest BCUT2D eigenvalue weighted by Gasteiger charge is 2.31.